The van der Waals surface area contributed by atoms with Crippen molar-refractivity contribution in [1.29, 1.82) is 0 Å². The topological polar surface area (TPSA) is 18.5 Å². The maximum absolute atomic E-state index is 3.47. The quantitative estimate of drug-likeness (QED) is 0.803. The Morgan fingerprint density at radius 3 is 2.76 bits per heavy atom. The zero-order chi connectivity index (χ0) is 12.3. The standard InChI is InChI=1S/C14H29N3/c1-4-14(15-3)12(2)17-10-9-16-8-6-5-7-13(16)11-17/h12-15H,4-11H2,1-3H3. The summed E-state index contributed by atoms with van der Waals surface area (Å²) in [6.07, 6.45) is 5.49. The van der Waals surface area contributed by atoms with Crippen LogP contribution in [0, 0.1) is 0 Å². The normalized spacial score (nSPS) is 30.9. The van der Waals surface area contributed by atoms with E-state index in [1.807, 2.05) is 0 Å². The molecule has 3 unspecified atom stereocenters. The average Bonchev–Trinajstić information content (AvgIpc) is 2.39. The first-order chi connectivity index (χ1) is 8.26. The summed E-state index contributed by atoms with van der Waals surface area (Å²) in [5, 5.41) is 3.47. The van der Waals surface area contributed by atoms with Crippen LogP contribution in [-0.2, 0) is 0 Å². The van der Waals surface area contributed by atoms with Crippen molar-refractivity contribution in [2.45, 2.75) is 57.7 Å². The van der Waals surface area contributed by atoms with E-state index in [4.69, 9.17) is 0 Å². The molecule has 1 N–H and O–H groups in total. The fourth-order valence-electron chi connectivity index (χ4n) is 3.59. The smallest absolute Gasteiger partial charge is 0.0223 e. The van der Waals surface area contributed by atoms with Gasteiger partial charge in [0.1, 0.15) is 0 Å². The molecule has 2 rings (SSSR count). The molecule has 2 heterocycles. The molecule has 0 spiro atoms. The summed E-state index contributed by atoms with van der Waals surface area (Å²) in [5.74, 6) is 0. The Hall–Kier alpha value is -0.120. The second-order valence-corrected chi connectivity index (χ2v) is 5.72. The minimum Gasteiger partial charge on any atom is -0.315 e. The van der Waals surface area contributed by atoms with Crippen LogP contribution in [-0.4, -0.2) is 61.2 Å². The van der Waals surface area contributed by atoms with Crippen LogP contribution in [0.25, 0.3) is 0 Å². The van der Waals surface area contributed by atoms with Crippen molar-refractivity contribution in [3.05, 3.63) is 0 Å². The molecule has 0 aliphatic carbocycles. The first kappa shape index (κ1) is 13.3. The van der Waals surface area contributed by atoms with E-state index >= 15 is 0 Å². The number of fused-ring (bicyclic) bond motifs is 1. The zero-order valence-electron chi connectivity index (χ0n) is 11.8. The summed E-state index contributed by atoms with van der Waals surface area (Å²) in [4.78, 5) is 5.42. The number of nitrogens with one attached hydrogen (secondary N) is 1. The molecular formula is C14H29N3. The summed E-state index contributed by atoms with van der Waals surface area (Å²) in [6.45, 7) is 9.86. The van der Waals surface area contributed by atoms with Crippen LogP contribution < -0.4 is 5.32 Å². The van der Waals surface area contributed by atoms with Crippen molar-refractivity contribution < 1.29 is 0 Å². The number of piperazine rings is 1. The Kier molecular flexibility index (Phi) is 4.83. The van der Waals surface area contributed by atoms with Crippen LogP contribution in [0.2, 0.25) is 0 Å². The lowest BCUT2D eigenvalue weighted by Crippen LogP contribution is -2.59. The summed E-state index contributed by atoms with van der Waals surface area (Å²) < 4.78 is 0. The molecule has 3 atom stereocenters. The van der Waals surface area contributed by atoms with Gasteiger partial charge in [-0.2, -0.15) is 0 Å². The zero-order valence-corrected chi connectivity index (χ0v) is 11.8. The summed E-state index contributed by atoms with van der Waals surface area (Å²) in [7, 11) is 2.10. The van der Waals surface area contributed by atoms with Gasteiger partial charge in [-0.1, -0.05) is 13.3 Å². The molecule has 0 aromatic heterocycles. The van der Waals surface area contributed by atoms with Gasteiger partial charge in [0.2, 0.25) is 0 Å². The molecule has 100 valence electrons. The second kappa shape index (κ2) is 6.17. The Morgan fingerprint density at radius 2 is 2.06 bits per heavy atom. The van der Waals surface area contributed by atoms with Crippen LogP contribution in [0.4, 0.5) is 0 Å². The van der Waals surface area contributed by atoms with Crippen molar-refractivity contribution in [2.75, 3.05) is 33.2 Å². The average molecular weight is 239 g/mol. The molecule has 0 radical (unpaired) electrons. The maximum Gasteiger partial charge on any atom is 0.0223 e. The van der Waals surface area contributed by atoms with Gasteiger partial charge >= 0.3 is 0 Å². The highest BCUT2D eigenvalue weighted by molar-refractivity contribution is 4.89. The number of nitrogens with zero attached hydrogens (tertiary/aromatic N) is 2. The number of likely N-dealkylation sites (N-methyl/N-ethyl adjacent to an activating group) is 1. The summed E-state index contributed by atoms with van der Waals surface area (Å²) in [5.41, 5.74) is 0. The van der Waals surface area contributed by atoms with Crippen molar-refractivity contribution in [1.82, 2.24) is 15.1 Å². The molecule has 17 heavy (non-hydrogen) atoms. The molecule has 2 aliphatic heterocycles. The summed E-state index contributed by atoms with van der Waals surface area (Å²) >= 11 is 0. The van der Waals surface area contributed by atoms with Crippen LogP contribution in [0.15, 0.2) is 0 Å². The van der Waals surface area contributed by atoms with E-state index in [1.165, 1.54) is 51.9 Å². The lowest BCUT2D eigenvalue weighted by Gasteiger charge is -2.47. The first-order valence-corrected chi connectivity index (χ1v) is 7.41. The van der Waals surface area contributed by atoms with Crippen molar-refractivity contribution in [2.24, 2.45) is 0 Å². The van der Waals surface area contributed by atoms with Gasteiger partial charge in [0.15, 0.2) is 0 Å². The van der Waals surface area contributed by atoms with Gasteiger partial charge < -0.3 is 5.32 Å². The molecule has 3 heteroatoms. The van der Waals surface area contributed by atoms with Crippen LogP contribution in [0.5, 0.6) is 0 Å². The molecular weight excluding hydrogens is 210 g/mol. The van der Waals surface area contributed by atoms with Gasteiger partial charge in [0.25, 0.3) is 0 Å². The van der Waals surface area contributed by atoms with Gasteiger partial charge in [0.05, 0.1) is 0 Å². The van der Waals surface area contributed by atoms with E-state index in [9.17, 15) is 0 Å². The molecule has 0 aromatic carbocycles. The Morgan fingerprint density at radius 1 is 1.24 bits per heavy atom. The van der Waals surface area contributed by atoms with Gasteiger partial charge in [-0.15, -0.1) is 0 Å². The van der Waals surface area contributed by atoms with Gasteiger partial charge in [0, 0.05) is 37.8 Å². The third-order valence-electron chi connectivity index (χ3n) is 4.84. The molecule has 3 nitrogen and oxygen atoms in total. The largest absolute Gasteiger partial charge is 0.315 e. The second-order valence-electron chi connectivity index (χ2n) is 5.72. The van der Waals surface area contributed by atoms with Crippen molar-refractivity contribution in [3.63, 3.8) is 0 Å². The monoisotopic (exact) mass is 239 g/mol. The Balaban J connectivity index is 1.90. The third kappa shape index (κ3) is 3.01. The fourth-order valence-corrected chi connectivity index (χ4v) is 3.59. The number of hydrogen-bond donors (Lipinski definition) is 1. The highest BCUT2D eigenvalue weighted by Crippen LogP contribution is 2.23. The molecule has 0 bridgehead atoms. The minimum atomic E-state index is 0.644. The van der Waals surface area contributed by atoms with E-state index in [2.05, 4.69) is 36.0 Å². The lowest BCUT2D eigenvalue weighted by atomic mass is 9.97. The summed E-state index contributed by atoms with van der Waals surface area (Å²) in [6, 6.07) is 2.16. The SMILES string of the molecule is CCC(NC)C(C)N1CCN2CCCCC2C1. The Bertz CT molecular complexity index is 228. The number of piperidine rings is 1. The number of hydrogen-bond acceptors (Lipinski definition) is 3. The van der Waals surface area contributed by atoms with Gasteiger partial charge in [-0.3, -0.25) is 9.80 Å². The van der Waals surface area contributed by atoms with E-state index in [-0.39, 0.29) is 0 Å². The third-order valence-corrected chi connectivity index (χ3v) is 4.84. The van der Waals surface area contributed by atoms with E-state index in [0.717, 1.165) is 6.04 Å². The van der Waals surface area contributed by atoms with E-state index in [0.29, 0.717) is 12.1 Å². The number of rotatable bonds is 4. The minimum absolute atomic E-state index is 0.644. The highest BCUT2D eigenvalue weighted by atomic mass is 15.3. The maximum atomic E-state index is 3.47. The van der Waals surface area contributed by atoms with E-state index in [1.54, 1.807) is 0 Å². The molecule has 2 saturated heterocycles. The van der Waals surface area contributed by atoms with Crippen molar-refractivity contribution >= 4 is 0 Å². The predicted octanol–water partition coefficient (Wildman–Crippen LogP) is 1.54. The highest BCUT2D eigenvalue weighted by Gasteiger charge is 2.32. The molecule has 0 saturated carbocycles. The molecule has 2 aliphatic rings. The van der Waals surface area contributed by atoms with Crippen LogP contribution in [0.1, 0.15) is 39.5 Å². The van der Waals surface area contributed by atoms with Crippen molar-refractivity contribution in [3.8, 4) is 0 Å². The van der Waals surface area contributed by atoms with E-state index < -0.39 is 0 Å². The van der Waals surface area contributed by atoms with Gasteiger partial charge in [-0.05, 0) is 39.8 Å². The first-order valence-electron chi connectivity index (χ1n) is 7.41. The fraction of sp³-hybridized carbons (Fsp3) is 1.00. The van der Waals surface area contributed by atoms with Crippen LogP contribution >= 0.6 is 0 Å². The molecule has 2 fully saturated rings. The van der Waals surface area contributed by atoms with Gasteiger partial charge in [-0.25, -0.2) is 0 Å². The molecule has 0 aromatic rings. The predicted molar refractivity (Wildman–Crippen MR) is 73.4 cm³/mol. The lowest BCUT2D eigenvalue weighted by molar-refractivity contribution is 0.0227. The Labute approximate surface area is 107 Å². The molecule has 0 amide bonds. The van der Waals surface area contributed by atoms with Crippen LogP contribution in [0.3, 0.4) is 0 Å².